The van der Waals surface area contributed by atoms with Gasteiger partial charge < -0.3 is 19.5 Å². The van der Waals surface area contributed by atoms with Crippen LogP contribution in [0.15, 0.2) is 11.8 Å². The van der Waals surface area contributed by atoms with Gasteiger partial charge in [0.25, 0.3) is 5.91 Å². The first-order chi connectivity index (χ1) is 12.3. The lowest BCUT2D eigenvalue weighted by Gasteiger charge is -2.32. The summed E-state index contributed by atoms with van der Waals surface area (Å²) in [4.78, 5) is 14.9. The van der Waals surface area contributed by atoms with Gasteiger partial charge in [-0.3, -0.25) is 4.79 Å². The number of carbonyl (C=O) groups excluding carboxylic acids is 1. The molecule has 0 aromatic heterocycles. The summed E-state index contributed by atoms with van der Waals surface area (Å²) in [5.41, 5.74) is 0. The minimum Gasteiger partial charge on any atom is -0.459 e. The molecule has 2 aliphatic heterocycles. The first kappa shape index (κ1) is 18.7. The number of likely N-dealkylation sites (tertiary alicyclic amines) is 1. The Kier molecular flexibility index (Phi) is 7.17. The summed E-state index contributed by atoms with van der Waals surface area (Å²) < 4.78 is 11.8. The molecule has 1 aliphatic carbocycles. The van der Waals surface area contributed by atoms with Gasteiger partial charge in [0.15, 0.2) is 5.76 Å². The number of nitrogens with zero attached hydrogens (tertiary/aromatic N) is 1. The summed E-state index contributed by atoms with van der Waals surface area (Å²) in [5, 5.41) is 8.88. The number of unbranched alkanes of at least 4 members (excludes halogenated alkanes) is 1. The van der Waals surface area contributed by atoms with E-state index >= 15 is 0 Å². The van der Waals surface area contributed by atoms with Gasteiger partial charge in [0.05, 0.1) is 6.61 Å². The van der Waals surface area contributed by atoms with E-state index in [1.54, 1.807) is 0 Å². The lowest BCUT2D eigenvalue weighted by molar-refractivity contribution is -0.156. The van der Waals surface area contributed by atoms with Gasteiger partial charge >= 0.3 is 0 Å². The van der Waals surface area contributed by atoms with Crippen molar-refractivity contribution in [3.63, 3.8) is 0 Å². The number of hydrogen-bond donors (Lipinski definition) is 1. The molecule has 0 unspecified atom stereocenters. The van der Waals surface area contributed by atoms with Crippen molar-refractivity contribution in [2.24, 2.45) is 11.8 Å². The minimum atomic E-state index is -0.317. The topological polar surface area (TPSA) is 59.0 Å². The summed E-state index contributed by atoms with van der Waals surface area (Å²) in [6.45, 7) is 2.46. The fraction of sp³-hybridized carbons (Fsp3) is 0.850. The molecule has 0 aromatic rings. The molecule has 2 heterocycles. The molecule has 0 spiro atoms. The fourth-order valence-electron chi connectivity index (χ4n) is 3.83. The van der Waals surface area contributed by atoms with E-state index in [0.717, 1.165) is 45.2 Å². The third-order valence-corrected chi connectivity index (χ3v) is 5.53. The lowest BCUT2D eigenvalue weighted by atomic mass is 9.96. The first-order valence-corrected chi connectivity index (χ1v) is 10.2. The largest absolute Gasteiger partial charge is 0.459 e. The number of ether oxygens (including phenoxy) is 2. The van der Waals surface area contributed by atoms with E-state index in [9.17, 15) is 4.79 Å². The van der Waals surface area contributed by atoms with Gasteiger partial charge in [0, 0.05) is 26.1 Å². The van der Waals surface area contributed by atoms with Gasteiger partial charge in [-0.1, -0.05) is 19.3 Å². The van der Waals surface area contributed by atoms with Crippen molar-refractivity contribution in [2.45, 2.75) is 70.5 Å². The number of aliphatic hydroxyl groups excluding tert-OH is 1. The van der Waals surface area contributed by atoms with E-state index in [-0.39, 0.29) is 18.8 Å². The third-order valence-electron chi connectivity index (χ3n) is 5.53. The molecule has 1 N–H and O–H groups in total. The number of hydrogen-bond acceptors (Lipinski definition) is 4. The Morgan fingerprint density at radius 2 is 1.88 bits per heavy atom. The van der Waals surface area contributed by atoms with Crippen LogP contribution in [0.2, 0.25) is 0 Å². The first-order valence-electron chi connectivity index (χ1n) is 10.2. The molecule has 2 atom stereocenters. The second kappa shape index (κ2) is 9.58. The monoisotopic (exact) mass is 351 g/mol. The van der Waals surface area contributed by atoms with E-state index in [0.29, 0.717) is 24.2 Å². The van der Waals surface area contributed by atoms with Crippen LogP contribution in [0.25, 0.3) is 0 Å². The Labute approximate surface area is 151 Å². The number of allylic oxidation sites excluding steroid dienone is 1. The number of carbonyl (C=O) groups is 1. The molecule has 0 radical (unpaired) electrons. The van der Waals surface area contributed by atoms with Gasteiger partial charge in [-0.15, -0.1) is 0 Å². The smallest absolute Gasteiger partial charge is 0.288 e. The van der Waals surface area contributed by atoms with E-state index in [1.165, 1.54) is 32.1 Å². The second-order valence-corrected chi connectivity index (χ2v) is 7.68. The Morgan fingerprint density at radius 3 is 2.56 bits per heavy atom. The van der Waals surface area contributed by atoms with Gasteiger partial charge in [0.2, 0.25) is 6.29 Å². The standard InChI is InChI=1S/C20H33NO4/c22-12-6-7-13-24-19-15-17(16-8-9-16)14-18(25-19)20(23)21-10-4-2-1-3-5-11-21/h14,16-17,19,22H,1-13,15H2/t17-,19+/m1/s1. The maximum atomic E-state index is 13.0. The highest BCUT2D eigenvalue weighted by Gasteiger charge is 2.37. The van der Waals surface area contributed by atoms with Crippen LogP contribution < -0.4 is 0 Å². The summed E-state index contributed by atoms with van der Waals surface area (Å²) in [6, 6.07) is 0. The normalized spacial score (nSPS) is 27.9. The Balaban J connectivity index is 1.59. The van der Waals surface area contributed by atoms with Crippen LogP contribution in [-0.2, 0) is 14.3 Å². The highest BCUT2D eigenvalue weighted by molar-refractivity contribution is 5.91. The molecule has 3 aliphatic rings. The summed E-state index contributed by atoms with van der Waals surface area (Å²) >= 11 is 0. The zero-order valence-electron chi connectivity index (χ0n) is 15.3. The van der Waals surface area contributed by atoms with Gasteiger partial charge in [-0.2, -0.15) is 0 Å². The van der Waals surface area contributed by atoms with E-state index in [4.69, 9.17) is 14.6 Å². The van der Waals surface area contributed by atoms with Crippen LogP contribution in [0.4, 0.5) is 0 Å². The van der Waals surface area contributed by atoms with Crippen LogP contribution in [0.1, 0.15) is 64.2 Å². The Hall–Kier alpha value is -1.07. The Morgan fingerprint density at radius 1 is 1.16 bits per heavy atom. The predicted molar refractivity (Wildman–Crippen MR) is 95.7 cm³/mol. The fourth-order valence-corrected chi connectivity index (χ4v) is 3.83. The van der Waals surface area contributed by atoms with E-state index in [1.807, 2.05) is 4.90 Å². The summed E-state index contributed by atoms with van der Waals surface area (Å²) in [6.07, 6.45) is 12.6. The van der Waals surface area contributed by atoms with Gasteiger partial charge in [0.1, 0.15) is 0 Å². The number of rotatable bonds is 7. The molecular formula is C20H33NO4. The average molecular weight is 351 g/mol. The molecule has 5 heteroatoms. The third kappa shape index (κ3) is 5.71. The molecule has 0 aromatic carbocycles. The number of aliphatic hydroxyl groups is 1. The average Bonchev–Trinajstić information content (AvgIpc) is 3.43. The molecule has 1 saturated carbocycles. The lowest BCUT2D eigenvalue weighted by Crippen LogP contribution is -2.38. The van der Waals surface area contributed by atoms with Crippen molar-refractivity contribution >= 4 is 5.91 Å². The van der Waals surface area contributed by atoms with Crippen molar-refractivity contribution in [3.8, 4) is 0 Å². The zero-order valence-corrected chi connectivity index (χ0v) is 15.3. The predicted octanol–water partition coefficient (Wildman–Crippen LogP) is 3.22. The summed E-state index contributed by atoms with van der Waals surface area (Å²) in [7, 11) is 0. The molecule has 5 nitrogen and oxygen atoms in total. The van der Waals surface area contributed by atoms with Crippen LogP contribution in [0.5, 0.6) is 0 Å². The van der Waals surface area contributed by atoms with Crippen molar-refractivity contribution in [1.82, 2.24) is 4.90 Å². The maximum Gasteiger partial charge on any atom is 0.288 e. The molecule has 2 fully saturated rings. The van der Waals surface area contributed by atoms with E-state index < -0.39 is 0 Å². The molecule has 142 valence electrons. The minimum absolute atomic E-state index is 0.0520. The second-order valence-electron chi connectivity index (χ2n) is 7.68. The van der Waals surface area contributed by atoms with Crippen molar-refractivity contribution < 1.29 is 19.4 Å². The van der Waals surface area contributed by atoms with Crippen LogP contribution >= 0.6 is 0 Å². The SMILES string of the molecule is O=C(C1=C[C@@H](C2CC2)C[C@@H](OCCCCO)O1)N1CCCCCCC1. The molecule has 3 rings (SSSR count). The van der Waals surface area contributed by atoms with Crippen LogP contribution in [0.3, 0.4) is 0 Å². The summed E-state index contributed by atoms with van der Waals surface area (Å²) in [5.74, 6) is 1.67. The molecule has 1 amide bonds. The van der Waals surface area contributed by atoms with Crippen LogP contribution in [0, 0.1) is 11.8 Å². The van der Waals surface area contributed by atoms with Gasteiger partial charge in [-0.25, -0.2) is 0 Å². The van der Waals surface area contributed by atoms with Crippen LogP contribution in [-0.4, -0.2) is 48.5 Å². The quantitative estimate of drug-likeness (QED) is 0.716. The molecule has 0 bridgehead atoms. The molecular weight excluding hydrogens is 318 g/mol. The molecule has 1 saturated heterocycles. The van der Waals surface area contributed by atoms with Crippen molar-refractivity contribution in [1.29, 1.82) is 0 Å². The van der Waals surface area contributed by atoms with E-state index in [2.05, 4.69) is 6.08 Å². The molecule has 25 heavy (non-hydrogen) atoms. The zero-order chi connectivity index (χ0) is 17.5. The highest BCUT2D eigenvalue weighted by atomic mass is 16.7. The number of amides is 1. The van der Waals surface area contributed by atoms with Gasteiger partial charge in [-0.05, 0) is 56.4 Å². The van der Waals surface area contributed by atoms with Crippen molar-refractivity contribution in [2.75, 3.05) is 26.3 Å². The maximum absolute atomic E-state index is 13.0. The Bertz CT molecular complexity index is 453. The highest BCUT2D eigenvalue weighted by Crippen LogP contribution is 2.43. The van der Waals surface area contributed by atoms with Crippen molar-refractivity contribution in [3.05, 3.63) is 11.8 Å².